The predicted octanol–water partition coefficient (Wildman–Crippen LogP) is 10.9. The largest absolute Gasteiger partial charge is 0.493 e. The third-order valence-corrected chi connectivity index (χ3v) is 8.35. The normalized spacial score (nSPS) is 13.4. The first-order valence-electron chi connectivity index (χ1n) is 17.9. The molecule has 9 heteroatoms. The van der Waals surface area contributed by atoms with Crippen molar-refractivity contribution in [2.24, 2.45) is 4.99 Å². The summed E-state index contributed by atoms with van der Waals surface area (Å²) in [7, 11) is 2.59. The molecule has 0 aromatic heterocycles. The SMILES string of the molecule is C=CC.CCCCN(C)C(=N/C(=C/CN(CC/C=C(\C)OC(F)C(F)F)Cc1ccc2c(c1)CCO2)c1ccc(C)c(C)c1)c1ccccc1.CF. The minimum Gasteiger partial charge on any atom is -0.493 e. The quantitative estimate of drug-likeness (QED) is 0.0485. The minimum absolute atomic E-state index is 0.144. The first kappa shape index (κ1) is 43.8. The number of halogens is 4. The van der Waals surface area contributed by atoms with Gasteiger partial charge in [-0.25, -0.2) is 13.8 Å². The second-order valence-electron chi connectivity index (χ2n) is 12.6. The van der Waals surface area contributed by atoms with E-state index in [4.69, 9.17) is 14.5 Å². The summed E-state index contributed by atoms with van der Waals surface area (Å²) in [5.74, 6) is 1.98. The maximum Gasteiger partial charge on any atom is 0.304 e. The number of hydrogen-bond acceptors (Lipinski definition) is 4. The maximum absolute atomic E-state index is 13.5. The lowest BCUT2D eigenvalue weighted by Gasteiger charge is -2.23. The van der Waals surface area contributed by atoms with Crippen LogP contribution in [0.2, 0.25) is 0 Å². The molecule has 5 nitrogen and oxygen atoms in total. The Kier molecular flexibility index (Phi) is 20.2. The average Bonchev–Trinajstić information content (AvgIpc) is 3.61. The molecule has 0 spiro atoms. The van der Waals surface area contributed by atoms with Crippen molar-refractivity contribution in [2.45, 2.75) is 79.6 Å². The van der Waals surface area contributed by atoms with Crippen molar-refractivity contribution in [3.8, 4) is 5.75 Å². The van der Waals surface area contributed by atoms with Gasteiger partial charge in [0, 0.05) is 50.8 Å². The number of amidine groups is 1. The van der Waals surface area contributed by atoms with Crippen LogP contribution in [-0.4, -0.2) is 68.9 Å². The number of hydrogen-bond donors (Lipinski definition) is 0. The molecule has 4 rings (SSSR count). The fourth-order valence-corrected chi connectivity index (χ4v) is 5.48. The Morgan fingerprint density at radius 3 is 2.33 bits per heavy atom. The number of nitrogens with zero attached hydrogens (tertiary/aromatic N) is 3. The van der Waals surface area contributed by atoms with E-state index >= 15 is 0 Å². The molecule has 1 atom stereocenters. The van der Waals surface area contributed by atoms with Crippen LogP contribution in [0.1, 0.15) is 73.4 Å². The van der Waals surface area contributed by atoms with Crippen LogP contribution in [0.25, 0.3) is 5.70 Å². The molecule has 3 aromatic carbocycles. The van der Waals surface area contributed by atoms with Crippen molar-refractivity contribution in [1.82, 2.24) is 9.80 Å². The Labute approximate surface area is 309 Å². The van der Waals surface area contributed by atoms with E-state index in [9.17, 15) is 17.6 Å². The zero-order chi connectivity index (χ0) is 38.5. The summed E-state index contributed by atoms with van der Waals surface area (Å²) < 4.78 is 58.8. The molecule has 1 aliphatic heterocycles. The number of rotatable bonds is 16. The van der Waals surface area contributed by atoms with E-state index in [0.717, 1.165) is 59.8 Å². The van der Waals surface area contributed by atoms with Gasteiger partial charge in [-0.2, -0.15) is 4.39 Å². The number of aryl methyl sites for hydroxylation is 2. The van der Waals surface area contributed by atoms with Gasteiger partial charge in [0.05, 0.1) is 25.2 Å². The second kappa shape index (κ2) is 24.0. The molecule has 1 unspecified atom stereocenters. The molecule has 0 N–H and O–H groups in total. The first-order chi connectivity index (χ1) is 25.1. The van der Waals surface area contributed by atoms with Gasteiger partial charge in [0.2, 0.25) is 0 Å². The van der Waals surface area contributed by atoms with Gasteiger partial charge in [0.25, 0.3) is 6.36 Å². The molecule has 0 saturated heterocycles. The lowest BCUT2D eigenvalue weighted by molar-refractivity contribution is -0.101. The van der Waals surface area contributed by atoms with Crippen LogP contribution in [0, 0.1) is 13.8 Å². The van der Waals surface area contributed by atoms with Crippen molar-refractivity contribution >= 4 is 11.5 Å². The number of ether oxygens (including phenoxy) is 2. The second-order valence-corrected chi connectivity index (χ2v) is 12.6. The summed E-state index contributed by atoms with van der Waals surface area (Å²) in [6.07, 6.45) is 3.29. The molecule has 0 amide bonds. The van der Waals surface area contributed by atoms with Crippen molar-refractivity contribution in [1.29, 1.82) is 0 Å². The molecule has 0 radical (unpaired) electrons. The standard InChI is InChI=1S/C39H48F3N3O2.C3H6.CH3F/c1-6-7-21-44(5)39(32-13-9-8-10-14-32)43-35(33-17-15-28(2)29(3)25-33)19-23-45(22-11-12-30(4)47-38(42)37(40)41)27-31-16-18-36-34(26-31)20-24-46-36;1-3-2;1-2/h8-10,12-19,25-26,37-38H,6-7,11,20-24,27H2,1-5H3;3H,1H2,2H3;1H3/b30-12+,35-19+,43-39?;;. The van der Waals surface area contributed by atoms with E-state index in [2.05, 4.69) is 92.7 Å². The van der Waals surface area contributed by atoms with Gasteiger partial charge in [-0.3, -0.25) is 9.29 Å². The Morgan fingerprint density at radius 2 is 1.67 bits per heavy atom. The van der Waals surface area contributed by atoms with Gasteiger partial charge in [0.1, 0.15) is 11.6 Å². The van der Waals surface area contributed by atoms with Crippen LogP contribution < -0.4 is 4.74 Å². The molecule has 1 heterocycles. The number of unbranched alkanes of at least 4 members (excludes halogenated alkanes) is 1. The van der Waals surface area contributed by atoms with E-state index in [1.165, 1.54) is 23.6 Å². The van der Waals surface area contributed by atoms with Crippen LogP contribution in [0.5, 0.6) is 5.75 Å². The zero-order valence-corrected chi connectivity index (χ0v) is 32.0. The minimum atomic E-state index is -3.19. The molecule has 3 aromatic rings. The van der Waals surface area contributed by atoms with Crippen molar-refractivity contribution in [3.63, 3.8) is 0 Å². The smallest absolute Gasteiger partial charge is 0.304 e. The molecular weight excluding hydrogens is 666 g/mol. The third kappa shape index (κ3) is 14.7. The summed E-state index contributed by atoms with van der Waals surface area (Å²) in [4.78, 5) is 9.84. The van der Waals surface area contributed by atoms with Crippen molar-refractivity contribution in [2.75, 3.05) is 40.5 Å². The summed E-state index contributed by atoms with van der Waals surface area (Å²) in [5.41, 5.74) is 7.72. The molecule has 0 saturated carbocycles. The lowest BCUT2D eigenvalue weighted by atomic mass is 10.0. The highest BCUT2D eigenvalue weighted by Gasteiger charge is 2.20. The molecular formula is C43H57F4N3O2. The topological polar surface area (TPSA) is 37.3 Å². The molecule has 1 aliphatic rings. The van der Waals surface area contributed by atoms with Crippen LogP contribution >= 0.6 is 0 Å². The molecule has 0 bridgehead atoms. The van der Waals surface area contributed by atoms with Crippen LogP contribution in [0.4, 0.5) is 17.6 Å². The monoisotopic (exact) mass is 723 g/mol. The summed E-state index contributed by atoms with van der Waals surface area (Å²) in [6.45, 7) is 16.6. The number of allylic oxidation sites excluding steroid dienone is 2. The van der Waals surface area contributed by atoms with E-state index in [0.29, 0.717) is 39.8 Å². The van der Waals surface area contributed by atoms with Crippen molar-refractivity contribution < 1.29 is 27.0 Å². The molecule has 284 valence electrons. The van der Waals surface area contributed by atoms with E-state index in [-0.39, 0.29) is 5.76 Å². The van der Waals surface area contributed by atoms with Gasteiger partial charge in [0.15, 0.2) is 0 Å². The summed E-state index contributed by atoms with van der Waals surface area (Å²) in [5, 5.41) is 0. The number of fused-ring (bicyclic) bond motifs is 1. The molecule has 52 heavy (non-hydrogen) atoms. The van der Waals surface area contributed by atoms with Gasteiger partial charge in [-0.1, -0.05) is 74.0 Å². The third-order valence-electron chi connectivity index (χ3n) is 8.35. The van der Waals surface area contributed by atoms with Gasteiger partial charge >= 0.3 is 6.43 Å². The van der Waals surface area contributed by atoms with E-state index in [1.54, 1.807) is 12.2 Å². The van der Waals surface area contributed by atoms with Crippen LogP contribution in [0.3, 0.4) is 0 Å². The van der Waals surface area contributed by atoms with Crippen molar-refractivity contribution in [3.05, 3.63) is 131 Å². The highest BCUT2D eigenvalue weighted by atomic mass is 19.3. The summed E-state index contributed by atoms with van der Waals surface area (Å²) in [6, 6.07) is 23.0. The highest BCUT2D eigenvalue weighted by Crippen LogP contribution is 2.27. The van der Waals surface area contributed by atoms with Gasteiger partial charge in [-0.05, 0) is 87.1 Å². The fraction of sp³-hybridized carbons (Fsp3) is 0.419. The summed E-state index contributed by atoms with van der Waals surface area (Å²) >= 11 is 0. The van der Waals surface area contributed by atoms with Gasteiger partial charge in [-0.15, -0.1) is 6.58 Å². The average molecular weight is 724 g/mol. The number of alkyl halides is 4. The Hall–Kier alpha value is -4.37. The predicted molar refractivity (Wildman–Crippen MR) is 209 cm³/mol. The Bertz CT molecular complexity index is 1590. The molecule has 0 aliphatic carbocycles. The van der Waals surface area contributed by atoms with Gasteiger partial charge < -0.3 is 14.4 Å². The molecule has 0 fully saturated rings. The van der Waals surface area contributed by atoms with E-state index < -0.39 is 12.8 Å². The zero-order valence-electron chi connectivity index (χ0n) is 32.0. The maximum atomic E-state index is 13.5. The lowest BCUT2D eigenvalue weighted by Crippen LogP contribution is -2.29. The number of aliphatic imine (C=N–C) groups is 1. The Morgan fingerprint density at radius 1 is 0.962 bits per heavy atom. The number of benzene rings is 3. The van der Waals surface area contributed by atoms with Crippen LogP contribution in [0.15, 0.2) is 102 Å². The first-order valence-corrected chi connectivity index (χ1v) is 17.9. The highest BCUT2D eigenvalue weighted by molar-refractivity contribution is 6.01. The van der Waals surface area contributed by atoms with Crippen LogP contribution in [-0.2, 0) is 17.7 Å². The fourth-order valence-electron chi connectivity index (χ4n) is 5.48. The Balaban J connectivity index is 0.00000178. The van der Waals surface area contributed by atoms with E-state index in [1.807, 2.05) is 31.2 Å².